The van der Waals surface area contributed by atoms with Crippen molar-refractivity contribution in [3.8, 4) is 0 Å². The molecule has 0 unspecified atom stereocenters. The number of nitrogens with zero attached hydrogens (tertiary/aromatic N) is 3. The molecule has 0 spiro atoms. The van der Waals surface area contributed by atoms with Crippen LogP contribution in [0, 0.1) is 0 Å². The van der Waals surface area contributed by atoms with E-state index in [1.165, 1.54) is 0 Å². The van der Waals surface area contributed by atoms with Gasteiger partial charge in [0.1, 0.15) is 0 Å². The van der Waals surface area contributed by atoms with Crippen molar-refractivity contribution in [3.63, 3.8) is 0 Å². The number of carbonyl (C=O) groups excluding carboxylic acids is 1. The van der Waals surface area contributed by atoms with Gasteiger partial charge < -0.3 is 14.9 Å². The summed E-state index contributed by atoms with van der Waals surface area (Å²) in [4.78, 5) is 17.4. The van der Waals surface area contributed by atoms with E-state index in [1.54, 1.807) is 9.80 Å². The fourth-order valence-corrected chi connectivity index (χ4v) is 2.66. The minimum Gasteiger partial charge on any atom is -0.393 e. The molecule has 0 aromatic carbocycles. The van der Waals surface area contributed by atoms with Gasteiger partial charge in [-0.05, 0) is 25.7 Å². The Morgan fingerprint density at radius 2 is 1.56 bits per heavy atom. The van der Waals surface area contributed by atoms with Crippen LogP contribution < -0.4 is 0 Å². The molecular formula is C11H21N3O2. The maximum Gasteiger partial charge on any atom is 0.321 e. The maximum absolute atomic E-state index is 11.6. The van der Waals surface area contributed by atoms with Crippen LogP contribution in [0.15, 0.2) is 0 Å². The smallest absolute Gasteiger partial charge is 0.321 e. The molecule has 2 aliphatic rings. The topological polar surface area (TPSA) is 47.0 Å². The van der Waals surface area contributed by atoms with E-state index in [0.29, 0.717) is 19.4 Å². The van der Waals surface area contributed by atoms with E-state index >= 15 is 0 Å². The van der Waals surface area contributed by atoms with E-state index in [1.807, 2.05) is 14.1 Å². The van der Waals surface area contributed by atoms with E-state index < -0.39 is 0 Å². The van der Waals surface area contributed by atoms with Gasteiger partial charge in [-0.3, -0.25) is 4.90 Å². The molecule has 2 rings (SSSR count). The molecular weight excluding hydrogens is 206 g/mol. The third kappa shape index (κ3) is 2.30. The van der Waals surface area contributed by atoms with Crippen molar-refractivity contribution in [3.05, 3.63) is 0 Å². The molecule has 1 saturated carbocycles. The van der Waals surface area contributed by atoms with Gasteiger partial charge in [-0.25, -0.2) is 4.79 Å². The van der Waals surface area contributed by atoms with Crippen molar-refractivity contribution in [1.29, 1.82) is 0 Å². The van der Waals surface area contributed by atoms with Gasteiger partial charge in [0.15, 0.2) is 0 Å². The van der Waals surface area contributed by atoms with Crippen LogP contribution in [0.4, 0.5) is 4.79 Å². The minimum absolute atomic E-state index is 0.0899. The largest absolute Gasteiger partial charge is 0.393 e. The summed E-state index contributed by atoms with van der Waals surface area (Å²) in [6.07, 6.45) is 3.75. The van der Waals surface area contributed by atoms with Gasteiger partial charge in [0.25, 0.3) is 0 Å². The Balaban J connectivity index is 1.93. The molecule has 92 valence electrons. The zero-order valence-electron chi connectivity index (χ0n) is 10.1. The Labute approximate surface area is 96.6 Å². The van der Waals surface area contributed by atoms with E-state index in [0.717, 1.165) is 25.7 Å². The lowest BCUT2D eigenvalue weighted by Crippen LogP contribution is -2.58. The van der Waals surface area contributed by atoms with Gasteiger partial charge >= 0.3 is 6.03 Å². The Morgan fingerprint density at radius 3 is 2.06 bits per heavy atom. The highest BCUT2D eigenvalue weighted by Crippen LogP contribution is 2.24. The predicted octanol–water partition coefficient (Wildman–Crippen LogP) is 0.504. The number of amides is 2. The zero-order chi connectivity index (χ0) is 11.7. The average Bonchev–Trinajstić information content (AvgIpc) is 2.26. The number of hydrogen-bond donors (Lipinski definition) is 1. The molecule has 1 aliphatic carbocycles. The number of urea groups is 1. The third-order valence-corrected chi connectivity index (χ3v) is 3.62. The second-order valence-corrected chi connectivity index (χ2v) is 5.01. The summed E-state index contributed by atoms with van der Waals surface area (Å²) in [5, 5.41) is 9.48. The Kier molecular flexibility index (Phi) is 3.35. The fraction of sp³-hybridized carbons (Fsp3) is 0.909. The van der Waals surface area contributed by atoms with Gasteiger partial charge in [-0.2, -0.15) is 0 Å². The first-order chi connectivity index (χ1) is 7.58. The van der Waals surface area contributed by atoms with Crippen molar-refractivity contribution in [2.24, 2.45) is 0 Å². The highest BCUT2D eigenvalue weighted by Gasteiger charge is 2.31. The highest BCUT2D eigenvalue weighted by molar-refractivity contribution is 5.74. The molecule has 0 aromatic heterocycles. The SMILES string of the molecule is CN1CN(C2CCC(O)CC2)CN(C)C1=O. The second-order valence-electron chi connectivity index (χ2n) is 5.01. The van der Waals surface area contributed by atoms with Crippen molar-refractivity contribution in [1.82, 2.24) is 14.7 Å². The number of carbonyl (C=O) groups is 1. The third-order valence-electron chi connectivity index (χ3n) is 3.62. The van der Waals surface area contributed by atoms with Gasteiger partial charge in [0.2, 0.25) is 0 Å². The Bertz CT molecular complexity index is 250. The molecule has 1 N–H and O–H groups in total. The van der Waals surface area contributed by atoms with Crippen molar-refractivity contribution < 1.29 is 9.90 Å². The quantitative estimate of drug-likeness (QED) is 0.710. The first kappa shape index (κ1) is 11.7. The molecule has 0 atom stereocenters. The number of aliphatic hydroxyl groups excluding tert-OH is 1. The minimum atomic E-state index is -0.113. The van der Waals surface area contributed by atoms with Crippen molar-refractivity contribution in [2.75, 3.05) is 27.4 Å². The van der Waals surface area contributed by atoms with Gasteiger partial charge in [0.05, 0.1) is 19.4 Å². The summed E-state index contributed by atoms with van der Waals surface area (Å²) in [5.41, 5.74) is 0. The van der Waals surface area contributed by atoms with Crippen LogP contribution in [0.25, 0.3) is 0 Å². The van der Waals surface area contributed by atoms with Gasteiger partial charge in [-0.15, -0.1) is 0 Å². The molecule has 0 bridgehead atoms. The number of hydrogen-bond acceptors (Lipinski definition) is 3. The first-order valence-electron chi connectivity index (χ1n) is 5.96. The predicted molar refractivity (Wildman–Crippen MR) is 60.8 cm³/mol. The van der Waals surface area contributed by atoms with E-state index in [4.69, 9.17) is 0 Å². The molecule has 1 saturated heterocycles. The van der Waals surface area contributed by atoms with Crippen LogP contribution >= 0.6 is 0 Å². The van der Waals surface area contributed by atoms with Crippen molar-refractivity contribution in [2.45, 2.75) is 37.8 Å². The van der Waals surface area contributed by atoms with Crippen LogP contribution in [0.2, 0.25) is 0 Å². The molecule has 5 heteroatoms. The molecule has 2 fully saturated rings. The summed E-state index contributed by atoms with van der Waals surface area (Å²) < 4.78 is 0. The van der Waals surface area contributed by atoms with Crippen LogP contribution in [-0.2, 0) is 0 Å². The average molecular weight is 227 g/mol. The monoisotopic (exact) mass is 227 g/mol. The molecule has 16 heavy (non-hydrogen) atoms. The summed E-state index contributed by atoms with van der Waals surface area (Å²) in [6.45, 7) is 1.42. The second kappa shape index (κ2) is 4.59. The normalized spacial score (nSPS) is 33.3. The van der Waals surface area contributed by atoms with Crippen LogP contribution in [-0.4, -0.2) is 65.4 Å². The standard InChI is InChI=1S/C11H21N3O2/c1-12-7-14(8-13(2)11(12)16)9-3-5-10(15)6-4-9/h9-10,15H,3-8H2,1-2H3. The Hall–Kier alpha value is -0.810. The van der Waals surface area contributed by atoms with Crippen LogP contribution in [0.3, 0.4) is 0 Å². The van der Waals surface area contributed by atoms with E-state index in [9.17, 15) is 9.90 Å². The highest BCUT2D eigenvalue weighted by atomic mass is 16.3. The van der Waals surface area contributed by atoms with Crippen LogP contribution in [0.5, 0.6) is 0 Å². The lowest BCUT2D eigenvalue weighted by Gasteiger charge is -2.44. The van der Waals surface area contributed by atoms with Gasteiger partial charge in [-0.1, -0.05) is 0 Å². The molecule has 1 heterocycles. The lowest BCUT2D eigenvalue weighted by atomic mass is 9.92. The maximum atomic E-state index is 11.6. The fourth-order valence-electron chi connectivity index (χ4n) is 2.66. The molecule has 0 radical (unpaired) electrons. The first-order valence-corrected chi connectivity index (χ1v) is 5.96. The molecule has 0 aromatic rings. The number of aliphatic hydroxyl groups is 1. The molecule has 2 amide bonds. The van der Waals surface area contributed by atoms with Gasteiger partial charge in [0, 0.05) is 20.1 Å². The Morgan fingerprint density at radius 1 is 1.06 bits per heavy atom. The molecule has 1 aliphatic heterocycles. The van der Waals surface area contributed by atoms with Crippen LogP contribution in [0.1, 0.15) is 25.7 Å². The zero-order valence-corrected chi connectivity index (χ0v) is 10.1. The van der Waals surface area contributed by atoms with E-state index in [-0.39, 0.29) is 12.1 Å². The van der Waals surface area contributed by atoms with Crippen molar-refractivity contribution >= 4 is 6.03 Å². The van der Waals surface area contributed by atoms with E-state index in [2.05, 4.69) is 4.90 Å². The molecule has 5 nitrogen and oxygen atoms in total. The number of rotatable bonds is 1. The summed E-state index contributed by atoms with van der Waals surface area (Å²) in [6, 6.07) is 0.605. The summed E-state index contributed by atoms with van der Waals surface area (Å²) in [5.74, 6) is 0. The lowest BCUT2D eigenvalue weighted by molar-refractivity contribution is 0.000725. The summed E-state index contributed by atoms with van der Waals surface area (Å²) in [7, 11) is 3.67. The summed E-state index contributed by atoms with van der Waals surface area (Å²) >= 11 is 0.